The molecule has 32 heavy (non-hydrogen) atoms. The van der Waals surface area contributed by atoms with E-state index in [0.29, 0.717) is 35.0 Å². The molecule has 6 nitrogen and oxygen atoms in total. The number of rotatable bonds is 8. The zero-order valence-electron chi connectivity index (χ0n) is 18.0. The molecule has 2 heterocycles. The largest absolute Gasteiger partial charge is 0.573 e. The molecule has 1 aromatic heterocycles. The molecule has 0 bridgehead atoms. The molecule has 4 rings (SSSR count). The molecule has 2 fully saturated rings. The predicted octanol–water partition coefficient (Wildman–Crippen LogP) is 5.20. The van der Waals surface area contributed by atoms with Crippen LogP contribution in [0.4, 0.5) is 24.9 Å². The molecule has 0 spiro atoms. The fourth-order valence-electron chi connectivity index (χ4n) is 4.43. The van der Waals surface area contributed by atoms with Crippen molar-refractivity contribution in [2.24, 2.45) is 5.92 Å². The number of piperidine rings is 1. The van der Waals surface area contributed by atoms with Gasteiger partial charge in [0.1, 0.15) is 11.6 Å². The van der Waals surface area contributed by atoms with Crippen molar-refractivity contribution >= 4 is 11.8 Å². The molecule has 2 aromatic rings. The summed E-state index contributed by atoms with van der Waals surface area (Å²) in [6.07, 6.45) is 3.17. The summed E-state index contributed by atoms with van der Waals surface area (Å²) in [6, 6.07) is 8.01. The van der Waals surface area contributed by atoms with Crippen molar-refractivity contribution in [1.82, 2.24) is 15.3 Å². The van der Waals surface area contributed by atoms with Crippen LogP contribution >= 0.6 is 0 Å². The van der Waals surface area contributed by atoms with Gasteiger partial charge in [0.25, 0.3) is 0 Å². The summed E-state index contributed by atoms with van der Waals surface area (Å²) in [6.45, 7) is 2.92. The molecule has 1 saturated heterocycles. The van der Waals surface area contributed by atoms with Crippen LogP contribution in [0.5, 0.6) is 5.75 Å². The lowest BCUT2D eigenvalue weighted by molar-refractivity contribution is -0.274. The summed E-state index contributed by atoms with van der Waals surface area (Å²) in [5.41, 5.74) is 1.10. The third kappa shape index (κ3) is 6.72. The zero-order valence-corrected chi connectivity index (χ0v) is 18.0. The highest BCUT2D eigenvalue weighted by Crippen LogP contribution is 2.29. The Morgan fingerprint density at radius 1 is 1.03 bits per heavy atom. The van der Waals surface area contributed by atoms with Gasteiger partial charge in [-0.1, -0.05) is 25.0 Å². The molecule has 1 aliphatic carbocycles. The summed E-state index contributed by atoms with van der Waals surface area (Å²) in [4.78, 5) is 9.23. The van der Waals surface area contributed by atoms with Crippen molar-refractivity contribution in [3.8, 4) is 17.0 Å². The first kappa shape index (κ1) is 22.6. The number of hydrogen-bond donors (Lipinski definition) is 3. The van der Waals surface area contributed by atoms with Crippen molar-refractivity contribution < 1.29 is 17.9 Å². The highest BCUT2D eigenvalue weighted by molar-refractivity contribution is 5.66. The van der Waals surface area contributed by atoms with Gasteiger partial charge in [0, 0.05) is 24.2 Å². The van der Waals surface area contributed by atoms with Crippen molar-refractivity contribution in [3.63, 3.8) is 0 Å². The van der Waals surface area contributed by atoms with Crippen LogP contribution in [-0.2, 0) is 0 Å². The molecule has 0 amide bonds. The molecule has 1 aliphatic heterocycles. The third-order valence-corrected chi connectivity index (χ3v) is 6.10. The van der Waals surface area contributed by atoms with Gasteiger partial charge in [0.15, 0.2) is 0 Å². The Bertz CT molecular complexity index is 880. The van der Waals surface area contributed by atoms with Crippen molar-refractivity contribution in [2.75, 3.05) is 30.3 Å². The standard InChI is InChI=1S/C23H30F3N5O/c24-23(25,26)32-19-7-3-4-17(14-19)20-15-21(28-13-10-16-8-11-27-12-9-16)31-22(30-20)29-18-5-1-2-6-18/h3-4,7,14-16,18,27H,1-2,5-6,8-13H2,(H2,28,29,30,31). The van der Waals surface area contributed by atoms with E-state index in [-0.39, 0.29) is 5.75 Å². The van der Waals surface area contributed by atoms with Gasteiger partial charge in [-0.15, -0.1) is 13.2 Å². The van der Waals surface area contributed by atoms with Gasteiger partial charge in [0.2, 0.25) is 5.95 Å². The third-order valence-electron chi connectivity index (χ3n) is 6.10. The van der Waals surface area contributed by atoms with Gasteiger partial charge in [0.05, 0.1) is 5.69 Å². The van der Waals surface area contributed by atoms with Gasteiger partial charge >= 0.3 is 6.36 Å². The minimum atomic E-state index is -4.74. The smallest absolute Gasteiger partial charge is 0.406 e. The van der Waals surface area contributed by atoms with Crippen molar-refractivity contribution in [2.45, 2.75) is 57.3 Å². The maximum atomic E-state index is 12.7. The lowest BCUT2D eigenvalue weighted by Crippen LogP contribution is -2.28. The van der Waals surface area contributed by atoms with Crippen LogP contribution in [0.2, 0.25) is 0 Å². The van der Waals surface area contributed by atoms with E-state index in [1.807, 2.05) is 0 Å². The highest BCUT2D eigenvalue weighted by Gasteiger charge is 2.31. The Balaban J connectivity index is 1.52. The fraction of sp³-hybridized carbons (Fsp3) is 0.565. The number of aromatic nitrogens is 2. The number of anilines is 2. The maximum Gasteiger partial charge on any atom is 0.573 e. The molecule has 1 saturated carbocycles. The molecule has 0 atom stereocenters. The predicted molar refractivity (Wildman–Crippen MR) is 119 cm³/mol. The summed E-state index contributed by atoms with van der Waals surface area (Å²) >= 11 is 0. The van der Waals surface area contributed by atoms with Crippen LogP contribution in [0.3, 0.4) is 0 Å². The first-order chi connectivity index (χ1) is 15.4. The Morgan fingerprint density at radius 3 is 2.56 bits per heavy atom. The number of nitrogens with zero attached hydrogens (tertiary/aromatic N) is 2. The molecule has 0 radical (unpaired) electrons. The van der Waals surface area contributed by atoms with E-state index < -0.39 is 6.36 Å². The van der Waals surface area contributed by atoms with E-state index in [1.165, 1.54) is 43.9 Å². The lowest BCUT2D eigenvalue weighted by Gasteiger charge is -2.22. The molecule has 174 valence electrons. The first-order valence-electron chi connectivity index (χ1n) is 11.4. The zero-order chi connectivity index (χ0) is 22.4. The Labute approximate surface area is 186 Å². The van der Waals surface area contributed by atoms with E-state index in [2.05, 4.69) is 30.7 Å². The van der Waals surface area contributed by atoms with Crippen LogP contribution < -0.4 is 20.7 Å². The molecule has 0 unspecified atom stereocenters. The summed E-state index contributed by atoms with van der Waals surface area (Å²) in [7, 11) is 0. The van der Waals surface area contributed by atoms with E-state index in [4.69, 9.17) is 0 Å². The summed E-state index contributed by atoms with van der Waals surface area (Å²) < 4.78 is 42.0. The van der Waals surface area contributed by atoms with Gasteiger partial charge in [-0.05, 0) is 63.2 Å². The second-order valence-corrected chi connectivity index (χ2v) is 8.57. The van der Waals surface area contributed by atoms with Crippen molar-refractivity contribution in [3.05, 3.63) is 30.3 Å². The lowest BCUT2D eigenvalue weighted by atomic mass is 9.95. The van der Waals surface area contributed by atoms with Crippen molar-refractivity contribution in [1.29, 1.82) is 0 Å². The number of alkyl halides is 3. The topological polar surface area (TPSA) is 71.1 Å². The summed E-state index contributed by atoms with van der Waals surface area (Å²) in [5, 5.41) is 10.2. The SMILES string of the molecule is FC(F)(F)Oc1cccc(-c2cc(NCCC3CCNCC3)nc(NC3CCCC3)n2)c1. The highest BCUT2D eigenvalue weighted by atomic mass is 19.4. The average Bonchev–Trinajstić information content (AvgIpc) is 3.26. The van der Waals surface area contributed by atoms with E-state index in [1.54, 1.807) is 12.1 Å². The van der Waals surface area contributed by atoms with E-state index >= 15 is 0 Å². The van der Waals surface area contributed by atoms with Crippen LogP contribution in [0.15, 0.2) is 30.3 Å². The second kappa shape index (κ2) is 10.4. The Morgan fingerprint density at radius 2 is 1.81 bits per heavy atom. The monoisotopic (exact) mass is 449 g/mol. The van der Waals surface area contributed by atoms with Crippen LogP contribution in [0, 0.1) is 5.92 Å². The Hall–Kier alpha value is -2.55. The normalized spacial score (nSPS) is 18.0. The molecular formula is C23H30F3N5O. The molecule has 3 N–H and O–H groups in total. The molecule has 1 aromatic carbocycles. The summed E-state index contributed by atoms with van der Waals surface area (Å²) in [5.74, 6) is 1.60. The second-order valence-electron chi connectivity index (χ2n) is 8.57. The van der Waals surface area contributed by atoms with E-state index in [9.17, 15) is 13.2 Å². The van der Waals surface area contributed by atoms with Gasteiger partial charge in [-0.3, -0.25) is 0 Å². The number of nitrogens with one attached hydrogen (secondary N) is 3. The van der Waals surface area contributed by atoms with Crippen LogP contribution in [0.1, 0.15) is 44.9 Å². The Kier molecular flexibility index (Phi) is 7.34. The number of ether oxygens (including phenoxy) is 1. The van der Waals surface area contributed by atoms with Gasteiger partial charge in [-0.2, -0.15) is 4.98 Å². The average molecular weight is 450 g/mol. The quantitative estimate of drug-likeness (QED) is 0.515. The van der Waals surface area contributed by atoms with Gasteiger partial charge < -0.3 is 20.7 Å². The van der Waals surface area contributed by atoms with Crippen LogP contribution in [0.25, 0.3) is 11.3 Å². The molecule has 9 heteroatoms. The van der Waals surface area contributed by atoms with Gasteiger partial charge in [-0.25, -0.2) is 4.98 Å². The maximum absolute atomic E-state index is 12.7. The van der Waals surface area contributed by atoms with Crippen LogP contribution in [-0.4, -0.2) is 42.0 Å². The molecular weight excluding hydrogens is 419 g/mol. The number of halogens is 3. The molecule has 2 aliphatic rings. The minimum Gasteiger partial charge on any atom is -0.406 e. The fourth-order valence-corrected chi connectivity index (χ4v) is 4.43. The first-order valence-corrected chi connectivity index (χ1v) is 11.4. The van der Waals surface area contributed by atoms with E-state index in [0.717, 1.165) is 38.9 Å². The number of hydrogen-bond acceptors (Lipinski definition) is 6. The minimum absolute atomic E-state index is 0.265. The number of benzene rings is 1.